The number of phenolic OH excluding ortho intramolecular Hbond substituents is 1. The molecule has 174 valence electrons. The van der Waals surface area contributed by atoms with E-state index in [0.29, 0.717) is 34.8 Å². The molecule has 0 radical (unpaired) electrons. The number of amides is 1. The smallest absolute Gasteiger partial charge is 0.340 e. The normalized spacial score (nSPS) is 12.0. The molecule has 0 bridgehead atoms. The van der Waals surface area contributed by atoms with E-state index in [1.807, 2.05) is 13.8 Å². The van der Waals surface area contributed by atoms with Crippen molar-refractivity contribution in [2.24, 2.45) is 5.92 Å². The summed E-state index contributed by atoms with van der Waals surface area (Å²) < 4.78 is 10.9. The minimum absolute atomic E-state index is 0.0346. The van der Waals surface area contributed by atoms with Crippen LogP contribution in [-0.2, 0) is 16.0 Å². The SMILES string of the molecule is Cc1c(CC(=O)N[C@H](CC(=O)O)c2ccc(OCC(C)C)cc2)c(=O)oc2cc(O)ccc12. The Kier molecular flexibility index (Phi) is 7.37. The molecule has 1 atom stereocenters. The third-order valence-electron chi connectivity index (χ3n) is 5.19. The molecule has 1 heterocycles. The van der Waals surface area contributed by atoms with Crippen molar-refractivity contribution in [1.29, 1.82) is 0 Å². The predicted octanol–water partition coefficient (Wildman–Crippen LogP) is 3.72. The lowest BCUT2D eigenvalue weighted by Crippen LogP contribution is -2.32. The highest BCUT2D eigenvalue weighted by molar-refractivity contribution is 5.85. The fourth-order valence-corrected chi connectivity index (χ4v) is 3.48. The number of carbonyl (C=O) groups is 2. The molecule has 0 saturated heterocycles. The van der Waals surface area contributed by atoms with Gasteiger partial charge in [0, 0.05) is 11.5 Å². The number of rotatable bonds is 9. The van der Waals surface area contributed by atoms with E-state index in [-0.39, 0.29) is 29.7 Å². The Hall–Kier alpha value is -3.81. The number of benzene rings is 2. The summed E-state index contributed by atoms with van der Waals surface area (Å²) in [5, 5.41) is 22.2. The van der Waals surface area contributed by atoms with Gasteiger partial charge in [0.15, 0.2) is 0 Å². The van der Waals surface area contributed by atoms with Gasteiger partial charge in [0.1, 0.15) is 17.1 Å². The van der Waals surface area contributed by atoms with Gasteiger partial charge in [0.25, 0.3) is 0 Å². The van der Waals surface area contributed by atoms with Gasteiger partial charge >= 0.3 is 11.6 Å². The summed E-state index contributed by atoms with van der Waals surface area (Å²) in [6.07, 6.45) is -0.584. The minimum Gasteiger partial charge on any atom is -0.508 e. The molecule has 2 aromatic carbocycles. The molecule has 0 saturated carbocycles. The zero-order valence-electron chi connectivity index (χ0n) is 18.8. The lowest BCUT2D eigenvalue weighted by Gasteiger charge is -2.18. The van der Waals surface area contributed by atoms with Gasteiger partial charge in [-0.1, -0.05) is 26.0 Å². The molecule has 33 heavy (non-hydrogen) atoms. The molecule has 3 aromatic rings. The van der Waals surface area contributed by atoms with Crippen LogP contribution in [0.15, 0.2) is 51.7 Å². The molecular formula is C25H27NO7. The first-order valence-electron chi connectivity index (χ1n) is 10.6. The molecule has 0 aliphatic heterocycles. The summed E-state index contributed by atoms with van der Waals surface area (Å²) >= 11 is 0. The molecule has 1 amide bonds. The molecule has 1 aromatic heterocycles. The van der Waals surface area contributed by atoms with E-state index in [9.17, 15) is 24.6 Å². The van der Waals surface area contributed by atoms with Crippen LogP contribution < -0.4 is 15.7 Å². The number of fused-ring (bicyclic) bond motifs is 1. The number of aliphatic carboxylic acids is 1. The van der Waals surface area contributed by atoms with Gasteiger partial charge < -0.3 is 24.7 Å². The van der Waals surface area contributed by atoms with Crippen molar-refractivity contribution in [3.63, 3.8) is 0 Å². The number of ether oxygens (including phenoxy) is 1. The molecule has 0 unspecified atom stereocenters. The largest absolute Gasteiger partial charge is 0.508 e. The molecule has 8 nitrogen and oxygen atoms in total. The molecule has 0 spiro atoms. The number of hydrogen-bond acceptors (Lipinski definition) is 6. The van der Waals surface area contributed by atoms with Crippen molar-refractivity contribution >= 4 is 22.8 Å². The minimum atomic E-state index is -1.07. The lowest BCUT2D eigenvalue weighted by molar-refractivity contribution is -0.137. The number of hydrogen-bond donors (Lipinski definition) is 3. The summed E-state index contributed by atoms with van der Waals surface area (Å²) in [6, 6.07) is 10.5. The first-order chi connectivity index (χ1) is 15.6. The van der Waals surface area contributed by atoms with Gasteiger partial charge in [-0.25, -0.2) is 4.79 Å². The first kappa shape index (κ1) is 23.8. The molecule has 8 heteroatoms. The average Bonchev–Trinajstić information content (AvgIpc) is 2.74. The zero-order valence-corrected chi connectivity index (χ0v) is 18.8. The van der Waals surface area contributed by atoms with Crippen molar-refractivity contribution in [1.82, 2.24) is 5.32 Å². The third-order valence-corrected chi connectivity index (χ3v) is 5.19. The van der Waals surface area contributed by atoms with Gasteiger partial charge in [0.2, 0.25) is 5.91 Å². The first-order valence-corrected chi connectivity index (χ1v) is 10.6. The number of aromatic hydroxyl groups is 1. The summed E-state index contributed by atoms with van der Waals surface area (Å²) in [4.78, 5) is 36.6. The highest BCUT2D eigenvalue weighted by Gasteiger charge is 2.21. The van der Waals surface area contributed by atoms with E-state index in [1.54, 1.807) is 37.3 Å². The molecular weight excluding hydrogens is 426 g/mol. The molecule has 0 aliphatic rings. The van der Waals surface area contributed by atoms with Gasteiger partial charge in [-0.2, -0.15) is 0 Å². The van der Waals surface area contributed by atoms with Crippen LogP contribution in [0, 0.1) is 12.8 Å². The van der Waals surface area contributed by atoms with E-state index in [4.69, 9.17) is 9.15 Å². The second kappa shape index (κ2) is 10.2. The fourth-order valence-electron chi connectivity index (χ4n) is 3.48. The van der Waals surface area contributed by atoms with E-state index < -0.39 is 23.5 Å². The number of phenols is 1. The van der Waals surface area contributed by atoms with Crippen LogP contribution in [0.2, 0.25) is 0 Å². The molecule has 0 aliphatic carbocycles. The van der Waals surface area contributed by atoms with Crippen molar-refractivity contribution in [3.05, 3.63) is 69.6 Å². The molecule has 0 fully saturated rings. The Morgan fingerprint density at radius 2 is 1.82 bits per heavy atom. The van der Waals surface area contributed by atoms with Crippen molar-refractivity contribution in [2.45, 2.75) is 39.7 Å². The van der Waals surface area contributed by atoms with Crippen LogP contribution in [0.5, 0.6) is 11.5 Å². The highest BCUT2D eigenvalue weighted by Crippen LogP contribution is 2.24. The van der Waals surface area contributed by atoms with Crippen molar-refractivity contribution in [3.8, 4) is 11.5 Å². The van der Waals surface area contributed by atoms with Crippen molar-refractivity contribution < 1.29 is 29.0 Å². The monoisotopic (exact) mass is 453 g/mol. The van der Waals surface area contributed by atoms with Gasteiger partial charge in [-0.05, 0) is 48.2 Å². The number of carboxylic acids is 1. The Morgan fingerprint density at radius 1 is 1.12 bits per heavy atom. The Labute approximate surface area is 190 Å². The summed E-state index contributed by atoms with van der Waals surface area (Å²) in [5.41, 5.74) is 0.905. The van der Waals surface area contributed by atoms with Gasteiger partial charge in [0.05, 0.1) is 31.1 Å². The van der Waals surface area contributed by atoms with Crippen LogP contribution >= 0.6 is 0 Å². The lowest BCUT2D eigenvalue weighted by atomic mass is 10.0. The fraction of sp³-hybridized carbons (Fsp3) is 0.320. The van der Waals surface area contributed by atoms with Crippen molar-refractivity contribution in [2.75, 3.05) is 6.61 Å². The maximum atomic E-state index is 12.8. The Morgan fingerprint density at radius 3 is 2.45 bits per heavy atom. The molecule has 3 N–H and O–H groups in total. The van der Waals surface area contributed by atoms with Crippen LogP contribution in [-0.4, -0.2) is 28.7 Å². The predicted molar refractivity (Wildman–Crippen MR) is 123 cm³/mol. The number of aryl methyl sites for hydroxylation is 1. The van der Waals surface area contributed by atoms with Crippen LogP contribution in [0.25, 0.3) is 11.0 Å². The standard InChI is InChI=1S/C25H27NO7/c1-14(2)13-32-18-7-4-16(5-8-18)21(12-24(29)30)26-23(28)11-20-15(3)19-9-6-17(27)10-22(19)33-25(20)31/h4-10,14,21,27H,11-13H2,1-3H3,(H,26,28)(H,29,30)/t21-/m1/s1. The Bertz CT molecular complexity index is 1210. The van der Waals surface area contributed by atoms with E-state index in [0.717, 1.165) is 0 Å². The van der Waals surface area contributed by atoms with Crippen LogP contribution in [0.4, 0.5) is 0 Å². The zero-order chi connectivity index (χ0) is 24.1. The highest BCUT2D eigenvalue weighted by atomic mass is 16.5. The Balaban J connectivity index is 1.79. The quantitative estimate of drug-likeness (QED) is 0.422. The summed E-state index contributed by atoms with van der Waals surface area (Å²) in [7, 11) is 0. The van der Waals surface area contributed by atoms with E-state index >= 15 is 0 Å². The number of nitrogens with one attached hydrogen (secondary N) is 1. The number of carbonyl (C=O) groups excluding carboxylic acids is 1. The number of carboxylic acid groups (broad SMARTS) is 1. The van der Waals surface area contributed by atoms with Gasteiger partial charge in [-0.15, -0.1) is 0 Å². The second-order valence-electron chi connectivity index (χ2n) is 8.34. The topological polar surface area (TPSA) is 126 Å². The van der Waals surface area contributed by atoms with Crippen LogP contribution in [0.3, 0.4) is 0 Å². The summed E-state index contributed by atoms with van der Waals surface area (Å²) in [5.74, 6) is -0.585. The third kappa shape index (κ3) is 6.12. The average molecular weight is 453 g/mol. The van der Waals surface area contributed by atoms with E-state index in [1.165, 1.54) is 12.1 Å². The maximum absolute atomic E-state index is 12.8. The summed E-state index contributed by atoms with van der Waals surface area (Å²) in [6.45, 7) is 6.33. The molecule has 3 rings (SSSR count). The van der Waals surface area contributed by atoms with E-state index in [2.05, 4.69) is 5.32 Å². The second-order valence-corrected chi connectivity index (χ2v) is 8.34. The van der Waals surface area contributed by atoms with Crippen LogP contribution in [0.1, 0.15) is 43.0 Å². The maximum Gasteiger partial charge on any atom is 0.340 e. The van der Waals surface area contributed by atoms with Gasteiger partial charge in [-0.3, -0.25) is 9.59 Å².